The van der Waals surface area contributed by atoms with E-state index in [-0.39, 0.29) is 5.91 Å². The molecule has 0 spiro atoms. The highest BCUT2D eigenvalue weighted by atomic mass is 16.5. The van der Waals surface area contributed by atoms with Crippen LogP contribution in [0.15, 0.2) is 42.6 Å². The number of aromatic nitrogens is 2. The van der Waals surface area contributed by atoms with E-state index in [4.69, 9.17) is 4.74 Å². The summed E-state index contributed by atoms with van der Waals surface area (Å²) in [7, 11) is 0. The van der Waals surface area contributed by atoms with Gasteiger partial charge in [0.05, 0.1) is 30.6 Å². The average molecular weight is 307 g/mol. The summed E-state index contributed by atoms with van der Waals surface area (Å²) >= 11 is 0. The van der Waals surface area contributed by atoms with Gasteiger partial charge in [-0.05, 0) is 18.2 Å². The van der Waals surface area contributed by atoms with E-state index in [9.17, 15) is 4.79 Å². The van der Waals surface area contributed by atoms with E-state index in [1.807, 2.05) is 30.5 Å². The molecule has 116 valence electrons. The van der Waals surface area contributed by atoms with Crippen molar-refractivity contribution in [3.63, 3.8) is 0 Å². The van der Waals surface area contributed by atoms with Gasteiger partial charge in [-0.3, -0.25) is 9.78 Å². The summed E-state index contributed by atoms with van der Waals surface area (Å²) in [4.78, 5) is 21.7. The van der Waals surface area contributed by atoms with Crippen molar-refractivity contribution in [1.82, 2.24) is 14.9 Å². The number of nitrogens with one attached hydrogen (secondary N) is 1. The van der Waals surface area contributed by atoms with Gasteiger partial charge in [-0.15, -0.1) is 0 Å². The molecule has 1 aliphatic rings. The number of H-pyrrole nitrogens is 1. The highest BCUT2D eigenvalue weighted by Gasteiger charge is 2.14. The number of rotatable bonds is 2. The number of carbonyl (C=O) groups is 1. The predicted molar refractivity (Wildman–Crippen MR) is 90.0 cm³/mol. The molecule has 2 aromatic heterocycles. The molecule has 1 N–H and O–H groups in total. The topological polar surface area (TPSA) is 58.2 Å². The molecule has 3 aromatic rings. The van der Waals surface area contributed by atoms with E-state index < -0.39 is 0 Å². The van der Waals surface area contributed by atoms with Crippen molar-refractivity contribution in [3.05, 3.63) is 48.3 Å². The minimum atomic E-state index is 0.00845. The van der Waals surface area contributed by atoms with E-state index in [1.165, 1.54) is 5.39 Å². The van der Waals surface area contributed by atoms with Crippen molar-refractivity contribution < 1.29 is 9.53 Å². The second-order valence-electron chi connectivity index (χ2n) is 5.60. The van der Waals surface area contributed by atoms with E-state index in [1.54, 1.807) is 17.1 Å². The molecule has 0 bridgehead atoms. The highest BCUT2D eigenvalue weighted by Crippen LogP contribution is 2.25. The number of ether oxygens (including phenoxy) is 1. The minimum absolute atomic E-state index is 0.00845. The Balaban J connectivity index is 1.62. The van der Waals surface area contributed by atoms with Crippen LogP contribution >= 0.6 is 0 Å². The maximum absolute atomic E-state index is 12.1. The molecular weight excluding hydrogens is 290 g/mol. The van der Waals surface area contributed by atoms with E-state index in [0.717, 1.165) is 22.1 Å². The Morgan fingerprint density at radius 3 is 2.87 bits per heavy atom. The third kappa shape index (κ3) is 2.71. The fourth-order valence-electron chi connectivity index (χ4n) is 2.90. The molecule has 1 amide bonds. The Hall–Kier alpha value is -2.66. The Labute approximate surface area is 133 Å². The zero-order chi connectivity index (χ0) is 15.6. The first-order valence-corrected chi connectivity index (χ1v) is 7.72. The van der Waals surface area contributed by atoms with Gasteiger partial charge in [0.1, 0.15) is 0 Å². The van der Waals surface area contributed by atoms with Crippen LogP contribution in [-0.4, -0.2) is 47.1 Å². The summed E-state index contributed by atoms with van der Waals surface area (Å²) in [5, 5.41) is 2.29. The number of para-hydroxylation sites is 1. The summed E-state index contributed by atoms with van der Waals surface area (Å²) in [5.74, 6) is 0.00845. The number of nitrogens with zero attached hydrogens (tertiary/aromatic N) is 2. The average Bonchev–Trinajstić information content (AvgIpc) is 2.98. The quantitative estimate of drug-likeness (QED) is 0.740. The lowest BCUT2D eigenvalue weighted by molar-refractivity contribution is -0.129. The third-order valence-electron chi connectivity index (χ3n) is 4.13. The van der Waals surface area contributed by atoms with E-state index in [2.05, 4.69) is 16.0 Å². The Kier molecular flexibility index (Phi) is 3.55. The second-order valence-corrected chi connectivity index (χ2v) is 5.60. The molecule has 3 heterocycles. The van der Waals surface area contributed by atoms with Gasteiger partial charge in [0.2, 0.25) is 5.91 Å². The molecule has 1 saturated heterocycles. The number of aromatic amines is 1. The van der Waals surface area contributed by atoms with Crippen LogP contribution in [0.3, 0.4) is 0 Å². The number of pyridine rings is 1. The Morgan fingerprint density at radius 1 is 1.17 bits per heavy atom. The molecule has 0 unspecified atom stereocenters. The molecule has 1 aromatic carbocycles. The van der Waals surface area contributed by atoms with E-state index in [0.29, 0.717) is 26.3 Å². The second kappa shape index (κ2) is 5.85. The lowest BCUT2D eigenvalue weighted by Crippen LogP contribution is -2.39. The fraction of sp³-hybridized carbons (Fsp3) is 0.222. The van der Waals surface area contributed by atoms with Crippen molar-refractivity contribution in [2.45, 2.75) is 0 Å². The first-order valence-electron chi connectivity index (χ1n) is 7.72. The maximum Gasteiger partial charge on any atom is 0.246 e. The first kappa shape index (κ1) is 14.0. The van der Waals surface area contributed by atoms with Crippen molar-refractivity contribution in [1.29, 1.82) is 0 Å². The molecule has 0 saturated carbocycles. The summed E-state index contributed by atoms with van der Waals surface area (Å²) in [6.45, 7) is 2.52. The number of benzene rings is 1. The summed E-state index contributed by atoms with van der Waals surface area (Å²) in [6, 6.07) is 10.2. The molecule has 5 nitrogen and oxygen atoms in total. The molecular formula is C18H17N3O2. The van der Waals surface area contributed by atoms with Crippen LogP contribution in [0.4, 0.5) is 0 Å². The standard InChI is InChI=1S/C18H17N3O2/c22-18(21-7-9-23-10-8-21)6-5-13-11-15-14-3-1-2-4-16(14)20-17(15)12-19-13/h1-6,11-12,20H,7-10H2/b6-5+. The number of fused-ring (bicyclic) bond motifs is 3. The lowest BCUT2D eigenvalue weighted by atomic mass is 10.1. The highest BCUT2D eigenvalue weighted by molar-refractivity contribution is 6.07. The molecule has 0 atom stereocenters. The van der Waals surface area contributed by atoms with Gasteiger partial charge >= 0.3 is 0 Å². The van der Waals surface area contributed by atoms with Gasteiger partial charge in [-0.25, -0.2) is 0 Å². The SMILES string of the molecule is O=C(/C=C/c1cc2c(cn1)[nH]c1ccccc12)N1CCOCC1. The molecule has 23 heavy (non-hydrogen) atoms. The molecule has 1 fully saturated rings. The smallest absolute Gasteiger partial charge is 0.246 e. The number of carbonyl (C=O) groups excluding carboxylic acids is 1. The van der Waals surface area contributed by atoms with Crippen molar-refractivity contribution >= 4 is 33.8 Å². The molecule has 4 rings (SSSR count). The monoisotopic (exact) mass is 307 g/mol. The fourth-order valence-corrected chi connectivity index (χ4v) is 2.90. The van der Waals surface area contributed by atoms with Crippen molar-refractivity contribution in [2.75, 3.05) is 26.3 Å². The van der Waals surface area contributed by atoms with Crippen molar-refractivity contribution in [2.24, 2.45) is 0 Å². The van der Waals surface area contributed by atoms with Gasteiger partial charge < -0.3 is 14.6 Å². The first-order chi connectivity index (χ1) is 11.3. The molecule has 5 heteroatoms. The molecule has 0 radical (unpaired) electrons. The zero-order valence-corrected chi connectivity index (χ0v) is 12.7. The number of amides is 1. The van der Waals surface area contributed by atoms with Crippen LogP contribution in [0, 0.1) is 0 Å². The number of hydrogen-bond acceptors (Lipinski definition) is 3. The number of morpholine rings is 1. The lowest BCUT2D eigenvalue weighted by Gasteiger charge is -2.25. The van der Waals surface area contributed by atoms with Gasteiger partial charge in [0.15, 0.2) is 0 Å². The third-order valence-corrected chi connectivity index (χ3v) is 4.13. The van der Waals surface area contributed by atoms with Crippen LogP contribution in [-0.2, 0) is 9.53 Å². The largest absolute Gasteiger partial charge is 0.378 e. The maximum atomic E-state index is 12.1. The van der Waals surface area contributed by atoms with Crippen LogP contribution in [0.25, 0.3) is 27.9 Å². The van der Waals surface area contributed by atoms with Crippen molar-refractivity contribution in [3.8, 4) is 0 Å². The van der Waals surface area contributed by atoms with Gasteiger partial charge in [0, 0.05) is 35.5 Å². The van der Waals surface area contributed by atoms with Crippen LogP contribution in [0.5, 0.6) is 0 Å². The molecule has 0 aliphatic carbocycles. The molecule has 1 aliphatic heterocycles. The van der Waals surface area contributed by atoms with Gasteiger partial charge in [-0.2, -0.15) is 0 Å². The normalized spacial score (nSPS) is 15.7. The van der Waals surface area contributed by atoms with Gasteiger partial charge in [-0.1, -0.05) is 18.2 Å². The van der Waals surface area contributed by atoms with Crippen LogP contribution in [0.2, 0.25) is 0 Å². The minimum Gasteiger partial charge on any atom is -0.378 e. The Morgan fingerprint density at radius 2 is 2.00 bits per heavy atom. The zero-order valence-electron chi connectivity index (χ0n) is 12.7. The predicted octanol–water partition coefficient (Wildman–Crippen LogP) is 2.59. The van der Waals surface area contributed by atoms with Gasteiger partial charge in [0.25, 0.3) is 0 Å². The summed E-state index contributed by atoms with van der Waals surface area (Å²) in [5.41, 5.74) is 2.88. The van der Waals surface area contributed by atoms with Crippen LogP contribution in [0.1, 0.15) is 5.69 Å². The van der Waals surface area contributed by atoms with E-state index >= 15 is 0 Å². The summed E-state index contributed by atoms with van der Waals surface area (Å²) < 4.78 is 5.26. The Bertz CT molecular complexity index is 892. The van der Waals surface area contributed by atoms with Crippen LogP contribution < -0.4 is 0 Å². The summed E-state index contributed by atoms with van der Waals surface area (Å²) in [6.07, 6.45) is 5.18. The number of hydrogen-bond donors (Lipinski definition) is 1.